The molecule has 0 aliphatic heterocycles. The first-order chi connectivity index (χ1) is 48.9. The summed E-state index contributed by atoms with van der Waals surface area (Å²) in [4.78, 5) is 35.8. The summed E-state index contributed by atoms with van der Waals surface area (Å²) in [6.45, 7) is 63.4. The fourth-order valence-corrected chi connectivity index (χ4v) is 10.5. The third-order valence-electron chi connectivity index (χ3n) is 15.5. The van der Waals surface area contributed by atoms with Crippen molar-refractivity contribution in [2.24, 2.45) is 0 Å². The van der Waals surface area contributed by atoms with Crippen molar-refractivity contribution in [3.63, 3.8) is 0 Å². The largest absolute Gasteiger partial charge is 0.417 e. The molecule has 0 radical (unpaired) electrons. The van der Waals surface area contributed by atoms with Gasteiger partial charge in [0.15, 0.2) is 0 Å². The van der Waals surface area contributed by atoms with Crippen LogP contribution in [0.5, 0.6) is 0 Å². The Morgan fingerprint density at radius 1 is 0.374 bits per heavy atom. The summed E-state index contributed by atoms with van der Waals surface area (Å²) in [6.07, 6.45) is 9.00. The van der Waals surface area contributed by atoms with Crippen LogP contribution in [0, 0.1) is 89.3 Å². The van der Waals surface area contributed by atoms with E-state index in [1.165, 1.54) is 57.4 Å². The lowest BCUT2D eigenvalue weighted by Gasteiger charge is -2.21. The number of rotatable bonds is 6. The maximum Gasteiger partial charge on any atom is 0.417 e. The Kier molecular flexibility index (Phi) is 38.9. The number of aryl methyl sites for hydroxylation is 7. The van der Waals surface area contributed by atoms with Gasteiger partial charge < -0.3 is 0 Å². The molecule has 9 aromatic heterocycles. The zero-order chi connectivity index (χ0) is 82.8. The van der Waals surface area contributed by atoms with E-state index in [9.17, 15) is 43.9 Å². The molecule has 9 aromatic rings. The topological polar surface area (TPSA) is 116 Å². The second-order valence-electron chi connectivity index (χ2n) is 32.0. The lowest BCUT2D eigenvalue weighted by Crippen LogP contribution is -2.17. The normalized spacial score (nSPS) is 11.3. The second-order valence-corrected chi connectivity index (χ2v) is 32.4. The van der Waals surface area contributed by atoms with Gasteiger partial charge in [0.1, 0.15) is 34.9 Å². The van der Waals surface area contributed by atoms with Crippen molar-refractivity contribution in [1.29, 1.82) is 0 Å². The molecule has 20 heteroatoms. The maximum atomic E-state index is 13.4. The Morgan fingerprint density at radius 2 is 0.794 bits per heavy atom. The number of pyridine rings is 9. The van der Waals surface area contributed by atoms with E-state index in [0.29, 0.717) is 46.7 Å². The SMILES string of the molecule is C=C(C)c1cnc(C(C)C)c(F)c1.CC(C)(C)c1cc(F)cnc1F.CC(C)(C)c1ncc(C(F)(F)F)cc1F.CC(C)c1ncc(F)cc1F.Cc1cc(C)c(C(C)(C)C)cn1.Cc1cccnc1C(C)C.Cc1cnc(C(C)(C)C)c(C)c1.Cc1cnc(C(C)C)c(Cl)c1.Cc1cnc(C(C)C)c(F)c1. The smallest absolute Gasteiger partial charge is 0.261 e. The Morgan fingerprint density at radius 3 is 1.18 bits per heavy atom. The molecular formula is C87H116ClF10N9. The molecule has 0 atom stereocenters. The first-order valence-electron chi connectivity index (χ1n) is 35.6. The molecule has 0 aliphatic rings. The van der Waals surface area contributed by atoms with Gasteiger partial charge in [-0.2, -0.15) is 17.6 Å². The van der Waals surface area contributed by atoms with Crippen molar-refractivity contribution < 1.29 is 43.9 Å². The highest BCUT2D eigenvalue weighted by Crippen LogP contribution is 2.33. The van der Waals surface area contributed by atoms with E-state index in [1.807, 2.05) is 127 Å². The number of hydrogen-bond donors (Lipinski definition) is 0. The Balaban J connectivity index is 0.000000603. The van der Waals surface area contributed by atoms with Crippen LogP contribution in [0.25, 0.3) is 5.57 Å². The molecule has 586 valence electrons. The van der Waals surface area contributed by atoms with Gasteiger partial charge in [0.25, 0.3) is 0 Å². The summed E-state index contributed by atoms with van der Waals surface area (Å²) in [7, 11) is 0. The van der Waals surface area contributed by atoms with E-state index in [1.54, 1.807) is 33.2 Å². The molecule has 0 bridgehead atoms. The lowest BCUT2D eigenvalue weighted by atomic mass is 9.85. The van der Waals surface area contributed by atoms with E-state index < -0.39 is 51.8 Å². The van der Waals surface area contributed by atoms with Gasteiger partial charge in [0.05, 0.1) is 51.4 Å². The highest BCUT2D eigenvalue weighted by molar-refractivity contribution is 6.31. The first kappa shape index (κ1) is 96.7. The molecule has 0 aliphatic carbocycles. The molecule has 9 heterocycles. The highest BCUT2D eigenvalue weighted by atomic mass is 35.5. The van der Waals surface area contributed by atoms with E-state index in [0.717, 1.165) is 57.1 Å². The van der Waals surface area contributed by atoms with Crippen molar-refractivity contribution in [3.05, 3.63) is 270 Å². The number of halogens is 11. The number of hydrogen-bond acceptors (Lipinski definition) is 9. The fourth-order valence-electron chi connectivity index (χ4n) is 10.1. The van der Waals surface area contributed by atoms with Crippen molar-refractivity contribution in [1.82, 2.24) is 44.9 Å². The van der Waals surface area contributed by atoms with Crippen LogP contribution in [-0.2, 0) is 27.8 Å². The zero-order valence-electron chi connectivity index (χ0n) is 68.7. The molecule has 0 saturated heterocycles. The minimum Gasteiger partial charge on any atom is -0.261 e. The van der Waals surface area contributed by atoms with Gasteiger partial charge in [-0.25, -0.2) is 31.3 Å². The molecule has 0 saturated carbocycles. The van der Waals surface area contributed by atoms with E-state index in [-0.39, 0.29) is 45.9 Å². The molecule has 9 nitrogen and oxygen atoms in total. The summed E-state index contributed by atoms with van der Waals surface area (Å²) in [5.74, 6) is -2.42. The van der Waals surface area contributed by atoms with E-state index >= 15 is 0 Å². The Bertz CT molecular complexity index is 4060. The zero-order valence-corrected chi connectivity index (χ0v) is 69.5. The molecule has 107 heavy (non-hydrogen) atoms. The summed E-state index contributed by atoms with van der Waals surface area (Å²) < 4.78 is 127. The number of aromatic nitrogens is 9. The fraction of sp³-hybridized carbons (Fsp3) is 0.460. The third-order valence-corrected chi connectivity index (χ3v) is 15.8. The highest BCUT2D eigenvalue weighted by Gasteiger charge is 2.33. The summed E-state index contributed by atoms with van der Waals surface area (Å²) in [5.41, 5.74) is 14.6. The van der Waals surface area contributed by atoms with Crippen molar-refractivity contribution >= 4 is 17.2 Å². The first-order valence-corrected chi connectivity index (χ1v) is 36.0. The Labute approximate surface area is 638 Å². The van der Waals surface area contributed by atoms with Crippen LogP contribution >= 0.6 is 11.6 Å². The standard InChI is InChI=1S/C11H14FN.2C11H17N.C10H11F4N.C9H12ClN.C9H11F2N.C9H12FN.C9H13N.C8H9F2N/c1-7(2)9-5-10(12)11(8(3)4)13-6-9;1-8-6-9(2)12-7-10(8)11(3,4)5;1-8-6-9(2)10(12-7-8)11(3,4)5;1-9(2,3)8-7(11)4-6(5-15-8)10(12,13)14;1-6(2)9-8(10)4-7(3)5-11-9;1-9(2,3)7-4-6(10)5-12-8(7)11;1-6(2)9-8(10)4-7(3)5-11-9;1-7(2)9-8(3)5-4-6-10-9;1-5(2)8-7(10)3-6(9)4-11-8/h5-6,8H,1H2,2-4H3;2*6-7H,1-5H3;4-5H,1-3H3;4-6H,1-3H3;4-5H,1-3H3;4-6H,1-3H3;4-7H,1-3H3;3-5H,1-2H3. The number of nitrogens with zero attached hydrogens (tertiary/aromatic N) is 9. The third kappa shape index (κ3) is 34.6. The number of alkyl halides is 3. The van der Waals surface area contributed by atoms with Crippen LogP contribution in [0.3, 0.4) is 0 Å². The molecule has 0 spiro atoms. The molecule has 0 unspecified atom stereocenters. The molecular weight excluding hydrogens is 1400 g/mol. The number of allylic oxidation sites excluding steroid dienone is 1. The van der Waals surface area contributed by atoms with Crippen LogP contribution in [0.1, 0.15) is 290 Å². The van der Waals surface area contributed by atoms with Crippen LogP contribution < -0.4 is 0 Å². The molecule has 0 N–H and O–H groups in total. The lowest BCUT2D eigenvalue weighted by molar-refractivity contribution is -0.138. The summed E-state index contributed by atoms with van der Waals surface area (Å²) in [6, 6.07) is 15.9. The van der Waals surface area contributed by atoms with Gasteiger partial charge in [0.2, 0.25) is 5.95 Å². The predicted octanol–water partition coefficient (Wildman–Crippen LogP) is 26.4. The van der Waals surface area contributed by atoms with E-state index in [2.05, 4.69) is 167 Å². The van der Waals surface area contributed by atoms with Gasteiger partial charge in [-0.1, -0.05) is 183 Å². The van der Waals surface area contributed by atoms with E-state index in [4.69, 9.17) is 11.6 Å². The van der Waals surface area contributed by atoms with Crippen LogP contribution in [0.4, 0.5) is 43.9 Å². The van der Waals surface area contributed by atoms with Gasteiger partial charge in [-0.05, 0) is 188 Å². The quantitative estimate of drug-likeness (QED) is 0.119. The van der Waals surface area contributed by atoms with Gasteiger partial charge in [-0.15, -0.1) is 0 Å². The minimum atomic E-state index is -4.55. The monoisotopic (exact) mass is 1510 g/mol. The van der Waals surface area contributed by atoms with Crippen molar-refractivity contribution in [2.75, 3.05) is 0 Å². The second kappa shape index (κ2) is 43.0. The summed E-state index contributed by atoms with van der Waals surface area (Å²) in [5, 5.41) is 0.778. The minimum absolute atomic E-state index is 0.00407. The molecule has 0 aromatic carbocycles. The van der Waals surface area contributed by atoms with Crippen LogP contribution in [0.2, 0.25) is 5.02 Å². The van der Waals surface area contributed by atoms with Crippen LogP contribution in [0.15, 0.2) is 123 Å². The van der Waals surface area contributed by atoms with Gasteiger partial charge >= 0.3 is 6.18 Å². The molecule has 0 amide bonds. The molecule has 0 fully saturated rings. The average Bonchev–Trinajstić information content (AvgIpc) is 0.819. The van der Waals surface area contributed by atoms with Gasteiger partial charge in [0, 0.05) is 82.9 Å². The average molecular weight is 1510 g/mol. The van der Waals surface area contributed by atoms with Crippen molar-refractivity contribution in [2.45, 2.75) is 265 Å². The molecule has 9 rings (SSSR count). The maximum absolute atomic E-state index is 13.4. The van der Waals surface area contributed by atoms with Gasteiger partial charge in [-0.3, -0.25) is 39.9 Å². The van der Waals surface area contributed by atoms with Crippen LogP contribution in [-0.4, -0.2) is 44.9 Å². The van der Waals surface area contributed by atoms with Crippen molar-refractivity contribution in [3.8, 4) is 0 Å². The Hall–Kier alpha value is -8.32. The summed E-state index contributed by atoms with van der Waals surface area (Å²) >= 11 is 5.96. The predicted molar refractivity (Wildman–Crippen MR) is 421 cm³/mol.